The molecule has 1 saturated heterocycles. The standard InChI is InChI=1S/C24H24N4O3/c29-23(27-20-8-9-21-22(14-20)31-13-12-30-21)18-6-4-17(5-7-18)19-15-25-24(26-16-19)28-10-2-1-3-11-28/h4-9,14-16H,1-3,10-13H2,(H,27,29). The molecule has 31 heavy (non-hydrogen) atoms. The van der Waals surface area contributed by atoms with E-state index in [4.69, 9.17) is 9.47 Å². The maximum Gasteiger partial charge on any atom is 0.255 e. The van der Waals surface area contributed by atoms with Crippen molar-refractivity contribution >= 4 is 17.5 Å². The summed E-state index contributed by atoms with van der Waals surface area (Å²) < 4.78 is 11.1. The number of piperidine rings is 1. The molecule has 3 heterocycles. The first-order valence-electron chi connectivity index (χ1n) is 10.6. The number of benzene rings is 2. The summed E-state index contributed by atoms with van der Waals surface area (Å²) in [5, 5.41) is 2.91. The first kappa shape index (κ1) is 19.4. The van der Waals surface area contributed by atoms with Gasteiger partial charge in [0, 0.05) is 48.4 Å². The molecule has 1 aromatic heterocycles. The Hall–Kier alpha value is -3.61. The molecule has 0 atom stereocenters. The maximum atomic E-state index is 12.6. The molecule has 1 amide bonds. The van der Waals surface area contributed by atoms with E-state index in [9.17, 15) is 4.79 Å². The number of anilines is 2. The lowest BCUT2D eigenvalue weighted by Gasteiger charge is -2.26. The van der Waals surface area contributed by atoms with Gasteiger partial charge >= 0.3 is 0 Å². The summed E-state index contributed by atoms with van der Waals surface area (Å²) in [5.41, 5.74) is 3.14. The van der Waals surface area contributed by atoms with Crippen molar-refractivity contribution in [3.8, 4) is 22.6 Å². The fraction of sp³-hybridized carbons (Fsp3) is 0.292. The van der Waals surface area contributed by atoms with E-state index in [1.165, 1.54) is 19.3 Å². The quantitative estimate of drug-likeness (QED) is 0.688. The van der Waals surface area contributed by atoms with Gasteiger partial charge in [0.15, 0.2) is 11.5 Å². The van der Waals surface area contributed by atoms with Gasteiger partial charge in [0.05, 0.1) is 0 Å². The van der Waals surface area contributed by atoms with E-state index in [2.05, 4.69) is 20.2 Å². The molecule has 158 valence electrons. The van der Waals surface area contributed by atoms with Gasteiger partial charge in [-0.15, -0.1) is 0 Å². The molecule has 2 aromatic carbocycles. The van der Waals surface area contributed by atoms with Crippen molar-refractivity contribution in [2.45, 2.75) is 19.3 Å². The van der Waals surface area contributed by atoms with Crippen LogP contribution in [0.1, 0.15) is 29.6 Å². The predicted octanol–water partition coefficient (Wildman–Crippen LogP) is 4.16. The van der Waals surface area contributed by atoms with Crippen molar-refractivity contribution in [3.63, 3.8) is 0 Å². The van der Waals surface area contributed by atoms with Crippen LogP contribution in [0.15, 0.2) is 54.9 Å². The number of fused-ring (bicyclic) bond motifs is 1. The Morgan fingerprint density at radius 3 is 2.29 bits per heavy atom. The van der Waals surface area contributed by atoms with E-state index in [1.807, 2.05) is 24.5 Å². The molecule has 7 heteroatoms. The molecular weight excluding hydrogens is 392 g/mol. The van der Waals surface area contributed by atoms with Gasteiger partial charge in [0.25, 0.3) is 5.91 Å². The van der Waals surface area contributed by atoms with Crippen LogP contribution in [0.4, 0.5) is 11.6 Å². The van der Waals surface area contributed by atoms with E-state index in [-0.39, 0.29) is 5.91 Å². The van der Waals surface area contributed by atoms with Gasteiger partial charge in [-0.1, -0.05) is 12.1 Å². The molecule has 3 aromatic rings. The highest BCUT2D eigenvalue weighted by Gasteiger charge is 2.15. The summed E-state index contributed by atoms with van der Waals surface area (Å²) in [6.07, 6.45) is 7.37. The zero-order chi connectivity index (χ0) is 21.0. The maximum absolute atomic E-state index is 12.6. The second-order valence-corrected chi connectivity index (χ2v) is 7.71. The molecule has 7 nitrogen and oxygen atoms in total. The summed E-state index contributed by atoms with van der Waals surface area (Å²) in [5.74, 6) is 1.95. The molecule has 1 N–H and O–H groups in total. The highest BCUT2D eigenvalue weighted by Crippen LogP contribution is 2.32. The topological polar surface area (TPSA) is 76.6 Å². The minimum absolute atomic E-state index is 0.181. The van der Waals surface area contributed by atoms with Crippen LogP contribution in [0.25, 0.3) is 11.1 Å². The van der Waals surface area contributed by atoms with Crippen LogP contribution in [0.5, 0.6) is 11.5 Å². The Labute approximate surface area is 181 Å². The number of rotatable bonds is 4. The van der Waals surface area contributed by atoms with E-state index in [1.54, 1.807) is 30.3 Å². The van der Waals surface area contributed by atoms with E-state index >= 15 is 0 Å². The van der Waals surface area contributed by atoms with Gasteiger partial charge in [0.2, 0.25) is 5.95 Å². The fourth-order valence-electron chi connectivity index (χ4n) is 3.87. The van der Waals surface area contributed by atoms with E-state index < -0.39 is 0 Å². The summed E-state index contributed by atoms with van der Waals surface area (Å²) >= 11 is 0. The van der Waals surface area contributed by atoms with Gasteiger partial charge in [0.1, 0.15) is 13.2 Å². The number of aromatic nitrogens is 2. The number of carbonyl (C=O) groups is 1. The third-order valence-electron chi connectivity index (χ3n) is 5.56. The van der Waals surface area contributed by atoms with E-state index in [0.29, 0.717) is 36.0 Å². The van der Waals surface area contributed by atoms with Crippen LogP contribution in [-0.4, -0.2) is 42.2 Å². The lowest BCUT2D eigenvalue weighted by molar-refractivity contribution is 0.102. The Morgan fingerprint density at radius 1 is 0.839 bits per heavy atom. The fourth-order valence-corrected chi connectivity index (χ4v) is 3.87. The average Bonchev–Trinajstić information content (AvgIpc) is 2.85. The minimum Gasteiger partial charge on any atom is -0.486 e. The molecule has 2 aliphatic heterocycles. The number of nitrogens with zero attached hydrogens (tertiary/aromatic N) is 3. The number of amides is 1. The molecule has 0 unspecified atom stereocenters. The summed E-state index contributed by atoms with van der Waals surface area (Å²) in [6, 6.07) is 12.8. The second-order valence-electron chi connectivity index (χ2n) is 7.71. The van der Waals surface area contributed by atoms with Crippen LogP contribution in [0.2, 0.25) is 0 Å². The molecule has 0 aliphatic carbocycles. The predicted molar refractivity (Wildman–Crippen MR) is 119 cm³/mol. The number of hydrogen-bond acceptors (Lipinski definition) is 6. The van der Waals surface area contributed by atoms with Crippen molar-refractivity contribution in [1.82, 2.24) is 9.97 Å². The third kappa shape index (κ3) is 4.30. The Balaban J connectivity index is 1.25. The molecule has 0 saturated carbocycles. The molecule has 0 spiro atoms. The van der Waals surface area contributed by atoms with Crippen LogP contribution < -0.4 is 19.7 Å². The summed E-state index contributed by atoms with van der Waals surface area (Å²) in [4.78, 5) is 24.0. The van der Waals surface area contributed by atoms with Crippen molar-refractivity contribution in [3.05, 3.63) is 60.4 Å². The molecule has 0 bridgehead atoms. The molecular formula is C24H24N4O3. The number of ether oxygens (including phenoxy) is 2. The zero-order valence-corrected chi connectivity index (χ0v) is 17.2. The van der Waals surface area contributed by atoms with Gasteiger partial charge in [-0.2, -0.15) is 0 Å². The SMILES string of the molecule is O=C(Nc1ccc2c(c1)OCCO2)c1ccc(-c2cnc(N3CCCCC3)nc2)cc1. The monoisotopic (exact) mass is 416 g/mol. The molecule has 5 rings (SSSR count). The second kappa shape index (κ2) is 8.63. The molecule has 1 fully saturated rings. The largest absolute Gasteiger partial charge is 0.486 e. The van der Waals surface area contributed by atoms with Crippen molar-refractivity contribution in [1.29, 1.82) is 0 Å². The van der Waals surface area contributed by atoms with E-state index in [0.717, 1.165) is 30.2 Å². The first-order valence-corrected chi connectivity index (χ1v) is 10.6. The van der Waals surface area contributed by atoms with Crippen molar-refractivity contribution < 1.29 is 14.3 Å². The van der Waals surface area contributed by atoms with Crippen molar-refractivity contribution in [2.75, 3.05) is 36.5 Å². The lowest BCUT2D eigenvalue weighted by atomic mass is 10.1. The zero-order valence-electron chi connectivity index (χ0n) is 17.2. The van der Waals surface area contributed by atoms with Gasteiger partial charge in [-0.05, 0) is 49.1 Å². The molecule has 2 aliphatic rings. The van der Waals surface area contributed by atoms with Crippen LogP contribution in [-0.2, 0) is 0 Å². The number of nitrogens with one attached hydrogen (secondary N) is 1. The van der Waals surface area contributed by atoms with Crippen molar-refractivity contribution in [2.24, 2.45) is 0 Å². The highest BCUT2D eigenvalue weighted by atomic mass is 16.6. The third-order valence-corrected chi connectivity index (χ3v) is 5.56. The Morgan fingerprint density at radius 2 is 1.55 bits per heavy atom. The first-order chi connectivity index (χ1) is 15.3. The highest BCUT2D eigenvalue weighted by molar-refractivity contribution is 6.04. The average molecular weight is 416 g/mol. The Bertz CT molecular complexity index is 1060. The van der Waals surface area contributed by atoms with Gasteiger partial charge in [-0.3, -0.25) is 4.79 Å². The smallest absolute Gasteiger partial charge is 0.255 e. The van der Waals surface area contributed by atoms with Crippen LogP contribution >= 0.6 is 0 Å². The lowest BCUT2D eigenvalue weighted by Crippen LogP contribution is -2.30. The summed E-state index contributed by atoms with van der Waals surface area (Å²) in [7, 11) is 0. The van der Waals surface area contributed by atoms with Crippen LogP contribution in [0, 0.1) is 0 Å². The Kier molecular flexibility index (Phi) is 5.39. The summed E-state index contributed by atoms with van der Waals surface area (Å²) in [6.45, 7) is 3.09. The number of carbonyl (C=O) groups excluding carboxylic acids is 1. The van der Waals surface area contributed by atoms with Gasteiger partial charge in [-0.25, -0.2) is 9.97 Å². The normalized spacial score (nSPS) is 15.4. The number of hydrogen-bond donors (Lipinski definition) is 1. The van der Waals surface area contributed by atoms with Gasteiger partial charge < -0.3 is 19.7 Å². The van der Waals surface area contributed by atoms with Crippen LogP contribution in [0.3, 0.4) is 0 Å². The molecule has 0 radical (unpaired) electrons. The minimum atomic E-state index is -0.181.